The molecule has 0 radical (unpaired) electrons. The molecule has 2 aromatic carbocycles. The van der Waals surface area contributed by atoms with Crippen LogP contribution in [0.2, 0.25) is 5.02 Å². The Morgan fingerprint density at radius 2 is 1.67 bits per heavy atom. The Bertz CT molecular complexity index is 945. The minimum absolute atomic E-state index is 0.112. The molecule has 0 aliphatic rings. The number of hydrogen-bond donors (Lipinski definition) is 2. The zero-order valence-corrected chi connectivity index (χ0v) is 16.9. The predicted molar refractivity (Wildman–Crippen MR) is 104 cm³/mol. The fourth-order valence-corrected chi connectivity index (χ4v) is 4.05. The minimum atomic E-state index is -3.84. The third kappa shape index (κ3) is 5.12. The van der Waals surface area contributed by atoms with Gasteiger partial charge in [0.1, 0.15) is 16.4 Å². The van der Waals surface area contributed by atoms with Crippen molar-refractivity contribution in [3.63, 3.8) is 0 Å². The normalized spacial score (nSPS) is 11.3. The summed E-state index contributed by atoms with van der Waals surface area (Å²) in [5.74, 6) is 0.138. The number of carbonyl (C=O) groups excluding carboxylic acids is 1. The molecule has 9 heteroatoms. The van der Waals surface area contributed by atoms with Gasteiger partial charge in [0.25, 0.3) is 5.91 Å². The molecule has 0 aromatic heterocycles. The highest BCUT2D eigenvalue weighted by Gasteiger charge is 2.22. The second kappa shape index (κ2) is 8.60. The van der Waals surface area contributed by atoms with E-state index in [0.717, 1.165) is 0 Å². The maximum Gasteiger partial charge on any atom is 0.255 e. The topological polar surface area (TPSA) is 93.7 Å². The summed E-state index contributed by atoms with van der Waals surface area (Å²) in [6.07, 6.45) is 0. The third-order valence-corrected chi connectivity index (χ3v) is 5.49. The molecule has 0 saturated heterocycles. The van der Waals surface area contributed by atoms with Crippen LogP contribution < -0.4 is 19.5 Å². The van der Waals surface area contributed by atoms with Gasteiger partial charge in [0.2, 0.25) is 10.0 Å². The molecule has 0 aliphatic carbocycles. The minimum Gasteiger partial charge on any atom is -0.495 e. The summed E-state index contributed by atoms with van der Waals surface area (Å²) in [6.45, 7) is 3.40. The Kier molecular flexibility index (Phi) is 6.69. The van der Waals surface area contributed by atoms with Gasteiger partial charge in [-0.3, -0.25) is 4.79 Å². The summed E-state index contributed by atoms with van der Waals surface area (Å²) >= 11 is 6.05. The molecule has 2 aromatic rings. The summed E-state index contributed by atoms with van der Waals surface area (Å²) in [5, 5.41) is 3.01. The lowest BCUT2D eigenvalue weighted by atomic mass is 10.2. The fourth-order valence-electron chi connectivity index (χ4n) is 2.35. The van der Waals surface area contributed by atoms with Crippen molar-refractivity contribution < 1.29 is 22.7 Å². The Balaban J connectivity index is 2.34. The van der Waals surface area contributed by atoms with E-state index in [1.165, 1.54) is 32.4 Å². The van der Waals surface area contributed by atoms with Crippen molar-refractivity contribution in [2.75, 3.05) is 19.5 Å². The first-order valence-corrected chi connectivity index (χ1v) is 9.89. The Labute approximate surface area is 163 Å². The number of ether oxygens (including phenoxy) is 2. The second-order valence-corrected chi connectivity index (χ2v) is 8.03. The fraction of sp³-hybridized carbons (Fsp3) is 0.278. The molecule has 0 saturated carbocycles. The van der Waals surface area contributed by atoms with Gasteiger partial charge < -0.3 is 14.8 Å². The highest BCUT2D eigenvalue weighted by Crippen LogP contribution is 2.28. The van der Waals surface area contributed by atoms with E-state index in [1.807, 2.05) is 0 Å². The number of rotatable bonds is 7. The average Bonchev–Trinajstić information content (AvgIpc) is 2.60. The molecule has 1 amide bonds. The van der Waals surface area contributed by atoms with Crippen molar-refractivity contribution in [3.8, 4) is 11.5 Å². The molecule has 0 aliphatic heterocycles. The molecular weight excluding hydrogens is 392 g/mol. The second-order valence-electron chi connectivity index (χ2n) is 5.95. The lowest BCUT2D eigenvalue weighted by molar-refractivity contribution is 0.102. The van der Waals surface area contributed by atoms with Gasteiger partial charge in [-0.1, -0.05) is 11.6 Å². The van der Waals surface area contributed by atoms with Crippen molar-refractivity contribution >= 4 is 33.2 Å². The predicted octanol–water partition coefficient (Wildman–Crippen LogP) is 3.30. The summed E-state index contributed by atoms with van der Waals surface area (Å²) in [4.78, 5) is 12.4. The molecule has 146 valence electrons. The van der Waals surface area contributed by atoms with Crippen LogP contribution in [0.4, 0.5) is 5.69 Å². The lowest BCUT2D eigenvalue weighted by Crippen LogP contribution is -2.30. The van der Waals surface area contributed by atoms with Crippen molar-refractivity contribution in [2.24, 2.45) is 0 Å². The number of methoxy groups -OCH3 is 2. The SMILES string of the molecule is COc1ccc(NC(=O)c2ccc(OC)c(S(=O)(=O)NC(C)C)c2)cc1Cl. The summed E-state index contributed by atoms with van der Waals surface area (Å²) in [7, 11) is -0.986. The van der Waals surface area contributed by atoms with Gasteiger partial charge in [0.15, 0.2) is 0 Å². The number of anilines is 1. The highest BCUT2D eigenvalue weighted by atomic mass is 35.5. The van der Waals surface area contributed by atoms with Gasteiger partial charge in [0, 0.05) is 17.3 Å². The Hall–Kier alpha value is -2.29. The molecule has 0 spiro atoms. The van der Waals surface area contributed by atoms with Gasteiger partial charge in [0.05, 0.1) is 19.2 Å². The molecule has 2 N–H and O–H groups in total. The van der Waals surface area contributed by atoms with E-state index in [2.05, 4.69) is 10.0 Å². The number of amides is 1. The van der Waals surface area contributed by atoms with Crippen LogP contribution in [0.15, 0.2) is 41.3 Å². The quantitative estimate of drug-likeness (QED) is 0.727. The van der Waals surface area contributed by atoms with Gasteiger partial charge in [-0.2, -0.15) is 0 Å². The van der Waals surface area contributed by atoms with Crippen LogP contribution in [0.25, 0.3) is 0 Å². The van der Waals surface area contributed by atoms with Gasteiger partial charge in [-0.05, 0) is 50.2 Å². The molecule has 0 heterocycles. The molecule has 7 nitrogen and oxygen atoms in total. The highest BCUT2D eigenvalue weighted by molar-refractivity contribution is 7.89. The molecule has 0 fully saturated rings. The smallest absolute Gasteiger partial charge is 0.255 e. The first-order valence-electron chi connectivity index (χ1n) is 8.03. The zero-order valence-electron chi connectivity index (χ0n) is 15.4. The molecular formula is C18H21ClN2O5S. The van der Waals surface area contributed by atoms with Gasteiger partial charge in [-0.25, -0.2) is 13.1 Å². The van der Waals surface area contributed by atoms with Crippen molar-refractivity contribution in [3.05, 3.63) is 47.0 Å². The van der Waals surface area contributed by atoms with E-state index in [1.54, 1.807) is 32.0 Å². The van der Waals surface area contributed by atoms with E-state index in [0.29, 0.717) is 16.5 Å². The average molecular weight is 413 g/mol. The van der Waals surface area contributed by atoms with E-state index in [-0.39, 0.29) is 22.3 Å². The van der Waals surface area contributed by atoms with E-state index < -0.39 is 15.9 Å². The lowest BCUT2D eigenvalue weighted by Gasteiger charge is -2.14. The van der Waals surface area contributed by atoms with Crippen molar-refractivity contribution in [1.29, 1.82) is 0 Å². The molecule has 0 atom stereocenters. The number of carbonyl (C=O) groups is 1. The van der Waals surface area contributed by atoms with Crippen LogP contribution in [-0.4, -0.2) is 34.6 Å². The number of hydrogen-bond acceptors (Lipinski definition) is 5. The van der Waals surface area contributed by atoms with Crippen LogP contribution in [0.1, 0.15) is 24.2 Å². The standard InChI is InChI=1S/C18H21ClN2O5S/c1-11(2)21-27(23,24)17-9-12(5-7-16(17)26-4)18(22)20-13-6-8-15(25-3)14(19)10-13/h5-11,21H,1-4H3,(H,20,22). The first-order chi connectivity index (χ1) is 12.7. The third-order valence-electron chi connectivity index (χ3n) is 3.52. The summed E-state index contributed by atoms with van der Waals surface area (Å²) < 4.78 is 37.7. The van der Waals surface area contributed by atoms with Crippen LogP contribution >= 0.6 is 11.6 Å². The first kappa shape index (κ1) is 21.0. The molecule has 0 unspecified atom stereocenters. The number of nitrogens with one attached hydrogen (secondary N) is 2. The van der Waals surface area contributed by atoms with Gasteiger partial charge in [-0.15, -0.1) is 0 Å². The summed E-state index contributed by atoms with van der Waals surface area (Å²) in [6, 6.07) is 8.67. The number of halogens is 1. The number of sulfonamides is 1. The summed E-state index contributed by atoms with van der Waals surface area (Å²) in [5.41, 5.74) is 0.609. The van der Waals surface area contributed by atoms with Crippen LogP contribution in [0.3, 0.4) is 0 Å². The maximum atomic E-state index is 12.5. The van der Waals surface area contributed by atoms with Crippen molar-refractivity contribution in [1.82, 2.24) is 4.72 Å². The molecule has 2 rings (SSSR count). The van der Waals surface area contributed by atoms with E-state index >= 15 is 0 Å². The van der Waals surface area contributed by atoms with Crippen LogP contribution in [-0.2, 0) is 10.0 Å². The number of benzene rings is 2. The van der Waals surface area contributed by atoms with Crippen LogP contribution in [0, 0.1) is 0 Å². The van der Waals surface area contributed by atoms with Crippen LogP contribution in [0.5, 0.6) is 11.5 Å². The monoisotopic (exact) mass is 412 g/mol. The van der Waals surface area contributed by atoms with E-state index in [9.17, 15) is 13.2 Å². The largest absolute Gasteiger partial charge is 0.495 e. The van der Waals surface area contributed by atoms with E-state index in [4.69, 9.17) is 21.1 Å². The maximum absolute atomic E-state index is 12.5. The van der Waals surface area contributed by atoms with Gasteiger partial charge >= 0.3 is 0 Å². The Morgan fingerprint density at radius 1 is 1.04 bits per heavy atom. The Morgan fingerprint density at radius 3 is 2.22 bits per heavy atom. The van der Waals surface area contributed by atoms with Crippen molar-refractivity contribution in [2.45, 2.75) is 24.8 Å². The zero-order chi connectivity index (χ0) is 20.2. The molecule has 27 heavy (non-hydrogen) atoms. The molecule has 0 bridgehead atoms.